The van der Waals surface area contributed by atoms with E-state index >= 15 is 0 Å². The fraction of sp³-hybridized carbons (Fsp3) is 0.174. The van der Waals surface area contributed by atoms with Gasteiger partial charge in [0.25, 0.3) is 0 Å². The lowest BCUT2D eigenvalue weighted by atomic mass is 9.95. The third-order valence-corrected chi connectivity index (χ3v) is 4.93. The van der Waals surface area contributed by atoms with Gasteiger partial charge in [-0.15, -0.1) is 0 Å². The number of hydrogen-bond donors (Lipinski definition) is 1. The van der Waals surface area contributed by atoms with Crippen molar-refractivity contribution in [2.24, 2.45) is 0 Å². The van der Waals surface area contributed by atoms with Crippen LogP contribution in [0, 0.1) is 11.2 Å². The predicted octanol–water partition coefficient (Wildman–Crippen LogP) is 5.55. The average Bonchev–Trinajstić information content (AvgIpc) is 3.12. The maximum atomic E-state index is 13.4. The van der Waals surface area contributed by atoms with Gasteiger partial charge in [-0.3, -0.25) is 4.98 Å². The molecule has 0 amide bonds. The number of methoxy groups -OCH3 is 1. The Bertz CT molecular complexity index is 1280. The molecule has 0 saturated carbocycles. The SMILES string of the molecule is COc1cc2c(cc1C(C(C)=N)=C(C)C)ncc1cnn(-c3ccc(F)cc3)c12. The van der Waals surface area contributed by atoms with Crippen LogP contribution in [0.4, 0.5) is 4.39 Å². The van der Waals surface area contributed by atoms with Crippen LogP contribution in [0.5, 0.6) is 5.75 Å². The second kappa shape index (κ2) is 7.13. The van der Waals surface area contributed by atoms with Gasteiger partial charge in [0.1, 0.15) is 11.6 Å². The van der Waals surface area contributed by atoms with Gasteiger partial charge >= 0.3 is 0 Å². The van der Waals surface area contributed by atoms with E-state index in [9.17, 15) is 4.39 Å². The lowest BCUT2D eigenvalue weighted by Crippen LogP contribution is -2.02. The zero-order chi connectivity index (χ0) is 20.7. The average molecular weight is 388 g/mol. The number of nitrogens with one attached hydrogen (secondary N) is 1. The topological polar surface area (TPSA) is 63.8 Å². The van der Waals surface area contributed by atoms with E-state index < -0.39 is 0 Å². The largest absolute Gasteiger partial charge is 0.496 e. The van der Waals surface area contributed by atoms with Crippen LogP contribution in [0.2, 0.25) is 0 Å². The Kier molecular flexibility index (Phi) is 4.62. The molecule has 29 heavy (non-hydrogen) atoms. The van der Waals surface area contributed by atoms with E-state index in [-0.39, 0.29) is 5.82 Å². The van der Waals surface area contributed by atoms with Gasteiger partial charge in [-0.25, -0.2) is 9.07 Å². The van der Waals surface area contributed by atoms with Crippen LogP contribution in [0.1, 0.15) is 26.3 Å². The minimum absolute atomic E-state index is 0.292. The predicted molar refractivity (Wildman–Crippen MR) is 115 cm³/mol. The molecule has 0 radical (unpaired) electrons. The van der Waals surface area contributed by atoms with Gasteiger partial charge in [0, 0.05) is 33.8 Å². The van der Waals surface area contributed by atoms with Gasteiger partial charge in [0.05, 0.1) is 30.0 Å². The molecule has 0 fully saturated rings. The van der Waals surface area contributed by atoms with Crippen molar-refractivity contribution in [1.82, 2.24) is 14.8 Å². The number of aromatic nitrogens is 3. The third kappa shape index (κ3) is 3.16. The number of hydrogen-bond acceptors (Lipinski definition) is 4. The van der Waals surface area contributed by atoms with Gasteiger partial charge in [0.15, 0.2) is 0 Å². The number of nitrogens with zero attached hydrogens (tertiary/aromatic N) is 3. The van der Waals surface area contributed by atoms with Crippen molar-refractivity contribution in [3.63, 3.8) is 0 Å². The fourth-order valence-electron chi connectivity index (χ4n) is 3.72. The third-order valence-electron chi connectivity index (χ3n) is 4.93. The molecule has 6 heteroatoms. The van der Waals surface area contributed by atoms with Crippen molar-refractivity contribution >= 4 is 33.1 Å². The first-order valence-electron chi connectivity index (χ1n) is 9.24. The Hall–Kier alpha value is -3.54. The summed E-state index contributed by atoms with van der Waals surface area (Å²) in [5, 5.41) is 14.4. The van der Waals surface area contributed by atoms with Crippen molar-refractivity contribution in [3.05, 3.63) is 65.7 Å². The van der Waals surface area contributed by atoms with Crippen LogP contribution in [0.3, 0.4) is 0 Å². The molecular weight excluding hydrogens is 367 g/mol. The molecule has 2 heterocycles. The number of halogens is 1. The van der Waals surface area contributed by atoms with Crippen molar-refractivity contribution in [2.75, 3.05) is 7.11 Å². The highest BCUT2D eigenvalue weighted by molar-refractivity contribution is 6.23. The number of ether oxygens (including phenoxy) is 1. The molecule has 0 spiro atoms. The lowest BCUT2D eigenvalue weighted by Gasteiger charge is -2.15. The Morgan fingerprint density at radius 2 is 1.79 bits per heavy atom. The Morgan fingerprint density at radius 3 is 2.41 bits per heavy atom. The quantitative estimate of drug-likeness (QED) is 0.466. The number of benzene rings is 2. The zero-order valence-electron chi connectivity index (χ0n) is 16.7. The minimum Gasteiger partial charge on any atom is -0.496 e. The van der Waals surface area contributed by atoms with Crippen molar-refractivity contribution in [3.8, 4) is 11.4 Å². The zero-order valence-corrected chi connectivity index (χ0v) is 16.7. The van der Waals surface area contributed by atoms with Gasteiger partial charge in [-0.05, 0) is 57.2 Å². The molecule has 0 saturated heterocycles. The van der Waals surface area contributed by atoms with E-state index in [0.717, 1.165) is 44.2 Å². The van der Waals surface area contributed by atoms with Crippen LogP contribution in [0.25, 0.3) is 33.1 Å². The smallest absolute Gasteiger partial charge is 0.127 e. The van der Waals surface area contributed by atoms with E-state index in [1.807, 2.05) is 26.0 Å². The van der Waals surface area contributed by atoms with Crippen LogP contribution in [0.15, 0.2) is 54.4 Å². The summed E-state index contributed by atoms with van der Waals surface area (Å²) in [5.74, 6) is 0.376. The second-order valence-corrected chi connectivity index (χ2v) is 7.16. The van der Waals surface area contributed by atoms with Crippen LogP contribution in [-0.4, -0.2) is 27.6 Å². The summed E-state index contributed by atoms with van der Waals surface area (Å²) < 4.78 is 20.8. The molecule has 2 aromatic carbocycles. The highest BCUT2D eigenvalue weighted by atomic mass is 19.1. The van der Waals surface area contributed by atoms with Gasteiger partial charge < -0.3 is 10.1 Å². The first-order chi connectivity index (χ1) is 13.9. The van der Waals surface area contributed by atoms with E-state index in [1.165, 1.54) is 12.1 Å². The number of pyridine rings is 1. The molecule has 0 bridgehead atoms. The first-order valence-corrected chi connectivity index (χ1v) is 9.24. The standard InChI is InChI=1S/C23H21FN4O/c1-13(2)22(14(3)25)19-9-20-18(10-21(19)29-4)23-15(11-26-20)12-27-28(23)17-7-5-16(24)6-8-17/h5-12,25H,1-4H3. The minimum atomic E-state index is -0.292. The Labute approximate surface area is 168 Å². The van der Waals surface area contributed by atoms with Crippen LogP contribution in [-0.2, 0) is 0 Å². The van der Waals surface area contributed by atoms with Gasteiger partial charge in [-0.1, -0.05) is 5.57 Å². The van der Waals surface area contributed by atoms with Crippen LogP contribution >= 0.6 is 0 Å². The molecule has 1 N–H and O–H groups in total. The van der Waals surface area contributed by atoms with E-state index in [1.54, 1.807) is 43.2 Å². The molecule has 146 valence electrons. The number of fused-ring (bicyclic) bond motifs is 3. The molecule has 0 aliphatic heterocycles. The normalized spacial score (nSPS) is 11.1. The molecular formula is C23H21FN4O. The summed E-state index contributed by atoms with van der Waals surface area (Å²) >= 11 is 0. The summed E-state index contributed by atoms with van der Waals surface area (Å²) in [6, 6.07) is 10.1. The van der Waals surface area contributed by atoms with Crippen molar-refractivity contribution < 1.29 is 9.13 Å². The van der Waals surface area contributed by atoms with Crippen molar-refractivity contribution in [2.45, 2.75) is 20.8 Å². The lowest BCUT2D eigenvalue weighted by molar-refractivity contribution is 0.414. The second-order valence-electron chi connectivity index (χ2n) is 7.16. The monoisotopic (exact) mass is 388 g/mol. The highest BCUT2D eigenvalue weighted by Gasteiger charge is 2.17. The first kappa shape index (κ1) is 18.8. The van der Waals surface area contributed by atoms with Crippen LogP contribution < -0.4 is 4.74 Å². The van der Waals surface area contributed by atoms with Gasteiger partial charge in [-0.2, -0.15) is 5.10 Å². The van der Waals surface area contributed by atoms with E-state index in [0.29, 0.717) is 11.5 Å². The summed E-state index contributed by atoms with van der Waals surface area (Å²) in [4.78, 5) is 4.61. The fourth-order valence-corrected chi connectivity index (χ4v) is 3.72. The summed E-state index contributed by atoms with van der Waals surface area (Å²) in [6.07, 6.45) is 3.52. The highest BCUT2D eigenvalue weighted by Crippen LogP contribution is 2.35. The molecule has 4 aromatic rings. The molecule has 2 aromatic heterocycles. The number of allylic oxidation sites excluding steroid dienone is 2. The maximum Gasteiger partial charge on any atom is 0.127 e. The van der Waals surface area contributed by atoms with Gasteiger partial charge in [0.2, 0.25) is 0 Å². The van der Waals surface area contributed by atoms with Crippen molar-refractivity contribution in [1.29, 1.82) is 5.41 Å². The molecule has 4 rings (SSSR count). The van der Waals surface area contributed by atoms with E-state index in [2.05, 4.69) is 10.1 Å². The molecule has 0 aliphatic carbocycles. The van der Waals surface area contributed by atoms with E-state index in [4.69, 9.17) is 10.1 Å². The molecule has 0 atom stereocenters. The maximum absolute atomic E-state index is 13.4. The summed E-state index contributed by atoms with van der Waals surface area (Å²) in [7, 11) is 1.62. The Balaban J connectivity index is 2.05. The molecule has 5 nitrogen and oxygen atoms in total. The summed E-state index contributed by atoms with van der Waals surface area (Å²) in [6.45, 7) is 5.74. The number of rotatable bonds is 4. The Morgan fingerprint density at radius 1 is 1.07 bits per heavy atom. The molecule has 0 unspecified atom stereocenters. The molecule has 0 aliphatic rings. The summed E-state index contributed by atoms with van der Waals surface area (Å²) in [5.41, 5.74) is 5.60.